The van der Waals surface area contributed by atoms with Crippen LogP contribution in [-0.4, -0.2) is 16.7 Å². The average Bonchev–Trinajstić information content (AvgIpc) is 2.57. The number of hydrogen-bond acceptors (Lipinski definition) is 2. The molecule has 0 spiro atoms. The number of hydrogen-bond donors (Lipinski definition) is 1. The van der Waals surface area contributed by atoms with Crippen molar-refractivity contribution in [3.8, 4) is 5.75 Å². The maximum absolute atomic E-state index is 13.2. The fourth-order valence-electron chi connectivity index (χ4n) is 3.48. The average molecular weight is 328 g/mol. The van der Waals surface area contributed by atoms with E-state index in [4.69, 9.17) is 4.74 Å². The molecule has 126 valence electrons. The molecule has 0 aromatic heterocycles. The smallest absolute Gasteiger partial charge is 0.314 e. The second-order valence-electron chi connectivity index (χ2n) is 6.76. The van der Waals surface area contributed by atoms with Crippen molar-refractivity contribution in [2.75, 3.05) is 0 Å². The summed E-state index contributed by atoms with van der Waals surface area (Å²) in [6.07, 6.45) is 2.20. The van der Waals surface area contributed by atoms with Crippen molar-refractivity contribution >= 4 is 5.97 Å². The summed E-state index contributed by atoms with van der Waals surface area (Å²) in [5.41, 5.74) is -0.689. The van der Waals surface area contributed by atoms with Gasteiger partial charge in [-0.25, -0.2) is 4.39 Å². The number of benzene rings is 2. The fraction of sp³-hybridized carbons (Fsp3) is 0.350. The summed E-state index contributed by atoms with van der Waals surface area (Å²) >= 11 is 0. The Morgan fingerprint density at radius 3 is 2.12 bits per heavy atom. The maximum atomic E-state index is 13.2. The van der Waals surface area contributed by atoms with Crippen LogP contribution in [0.2, 0.25) is 0 Å². The van der Waals surface area contributed by atoms with Crippen LogP contribution in [0.15, 0.2) is 54.6 Å². The quantitative estimate of drug-likeness (QED) is 0.895. The van der Waals surface area contributed by atoms with Gasteiger partial charge in [0.1, 0.15) is 17.2 Å². The number of ether oxygens (including phenoxy) is 1. The molecule has 0 atom stereocenters. The molecule has 4 heteroatoms. The number of carbonyl (C=O) groups is 1. The molecule has 0 radical (unpaired) electrons. The van der Waals surface area contributed by atoms with Crippen LogP contribution in [-0.2, 0) is 10.2 Å². The topological polar surface area (TPSA) is 46.5 Å². The predicted molar refractivity (Wildman–Crippen MR) is 89.7 cm³/mol. The first-order valence-corrected chi connectivity index (χ1v) is 8.17. The summed E-state index contributed by atoms with van der Waals surface area (Å²) in [5, 5.41) is 9.84. The number of para-hydroxylation sites is 1. The van der Waals surface area contributed by atoms with E-state index in [1.165, 1.54) is 12.1 Å². The molecule has 0 heterocycles. The third-order valence-electron chi connectivity index (χ3n) is 5.07. The van der Waals surface area contributed by atoms with Gasteiger partial charge >= 0.3 is 5.97 Å². The summed E-state index contributed by atoms with van der Waals surface area (Å²) in [6, 6.07) is 15.4. The van der Waals surface area contributed by atoms with Gasteiger partial charge in [-0.2, -0.15) is 0 Å². The molecule has 1 fully saturated rings. The highest BCUT2D eigenvalue weighted by Crippen LogP contribution is 2.45. The molecule has 2 aromatic carbocycles. The molecular weight excluding hydrogens is 307 g/mol. The van der Waals surface area contributed by atoms with E-state index in [0.29, 0.717) is 31.2 Å². The van der Waals surface area contributed by atoms with Gasteiger partial charge in [0.25, 0.3) is 0 Å². The lowest BCUT2D eigenvalue weighted by atomic mass is 9.65. The van der Waals surface area contributed by atoms with E-state index in [0.717, 1.165) is 5.75 Å². The molecular formula is C20H21FO3. The normalized spacial score (nSPS) is 26.8. The Balaban J connectivity index is 1.80. The van der Waals surface area contributed by atoms with Crippen LogP contribution in [0.25, 0.3) is 0 Å². The molecule has 0 unspecified atom stereocenters. The Morgan fingerprint density at radius 1 is 1.00 bits per heavy atom. The first-order valence-electron chi connectivity index (χ1n) is 8.17. The minimum Gasteiger partial charge on any atom is -0.488 e. The Hall–Kier alpha value is -2.36. The molecule has 1 N–H and O–H groups in total. The summed E-state index contributed by atoms with van der Waals surface area (Å²) in [6.45, 7) is 2.02. The van der Waals surface area contributed by atoms with E-state index in [-0.39, 0.29) is 11.4 Å². The highest BCUT2D eigenvalue weighted by atomic mass is 19.1. The van der Waals surface area contributed by atoms with Crippen LogP contribution in [0, 0.1) is 5.82 Å². The van der Waals surface area contributed by atoms with Gasteiger partial charge in [-0.3, -0.25) is 4.79 Å². The number of aliphatic carboxylic acids is 1. The van der Waals surface area contributed by atoms with Gasteiger partial charge in [-0.15, -0.1) is 0 Å². The molecule has 24 heavy (non-hydrogen) atoms. The van der Waals surface area contributed by atoms with Crippen molar-refractivity contribution in [3.63, 3.8) is 0 Å². The highest BCUT2D eigenvalue weighted by molar-refractivity contribution is 5.81. The number of halogens is 1. The molecule has 3 rings (SSSR count). The van der Waals surface area contributed by atoms with Gasteiger partial charge in [-0.05, 0) is 62.4 Å². The first-order chi connectivity index (χ1) is 11.4. The lowest BCUT2D eigenvalue weighted by molar-refractivity contribution is -0.147. The molecule has 2 aromatic rings. The Morgan fingerprint density at radius 2 is 1.58 bits per heavy atom. The van der Waals surface area contributed by atoms with E-state index in [1.807, 2.05) is 37.3 Å². The molecule has 0 aliphatic heterocycles. The monoisotopic (exact) mass is 328 g/mol. The van der Waals surface area contributed by atoms with Crippen LogP contribution >= 0.6 is 0 Å². The van der Waals surface area contributed by atoms with Crippen molar-refractivity contribution in [1.82, 2.24) is 0 Å². The van der Waals surface area contributed by atoms with Gasteiger partial charge < -0.3 is 9.84 Å². The molecule has 0 saturated heterocycles. The molecule has 1 aliphatic carbocycles. The van der Waals surface area contributed by atoms with Crippen LogP contribution in [0.1, 0.15) is 38.2 Å². The SMILES string of the molecule is CC1(Oc2ccccc2)CCC(C(=O)O)(c2ccc(F)cc2)CC1. The third kappa shape index (κ3) is 3.14. The van der Waals surface area contributed by atoms with Crippen molar-refractivity contribution in [1.29, 1.82) is 0 Å². The fourth-order valence-corrected chi connectivity index (χ4v) is 3.48. The van der Waals surface area contributed by atoms with Crippen LogP contribution in [0.3, 0.4) is 0 Å². The molecule has 0 bridgehead atoms. The predicted octanol–water partition coefficient (Wildman–Crippen LogP) is 4.56. The summed E-state index contributed by atoms with van der Waals surface area (Å²) < 4.78 is 19.3. The maximum Gasteiger partial charge on any atom is 0.314 e. The molecule has 0 amide bonds. The van der Waals surface area contributed by atoms with Crippen molar-refractivity contribution in [2.24, 2.45) is 0 Å². The van der Waals surface area contributed by atoms with Crippen LogP contribution < -0.4 is 4.74 Å². The Bertz CT molecular complexity index is 701. The minimum atomic E-state index is -0.965. The zero-order valence-corrected chi connectivity index (χ0v) is 13.7. The Kier molecular flexibility index (Phi) is 4.31. The van der Waals surface area contributed by atoms with E-state index in [9.17, 15) is 14.3 Å². The van der Waals surface area contributed by atoms with E-state index in [2.05, 4.69) is 0 Å². The second-order valence-corrected chi connectivity index (χ2v) is 6.76. The van der Waals surface area contributed by atoms with Gasteiger partial charge in [0.05, 0.1) is 5.41 Å². The lowest BCUT2D eigenvalue weighted by Gasteiger charge is -2.42. The zero-order valence-electron chi connectivity index (χ0n) is 13.7. The van der Waals surface area contributed by atoms with Crippen molar-refractivity contribution in [3.05, 3.63) is 66.0 Å². The van der Waals surface area contributed by atoms with Gasteiger partial charge in [0.15, 0.2) is 0 Å². The van der Waals surface area contributed by atoms with E-state index in [1.54, 1.807) is 12.1 Å². The van der Waals surface area contributed by atoms with Crippen LogP contribution in [0.5, 0.6) is 5.75 Å². The number of carboxylic acid groups (broad SMARTS) is 1. The largest absolute Gasteiger partial charge is 0.488 e. The number of carboxylic acids is 1. The lowest BCUT2D eigenvalue weighted by Crippen LogP contribution is -2.47. The van der Waals surface area contributed by atoms with E-state index >= 15 is 0 Å². The molecule has 3 nitrogen and oxygen atoms in total. The van der Waals surface area contributed by atoms with Crippen molar-refractivity contribution in [2.45, 2.75) is 43.6 Å². The summed E-state index contributed by atoms with van der Waals surface area (Å²) in [7, 11) is 0. The summed E-state index contributed by atoms with van der Waals surface area (Å²) in [4.78, 5) is 12.0. The Labute approximate surface area is 141 Å². The van der Waals surface area contributed by atoms with Crippen LogP contribution in [0.4, 0.5) is 4.39 Å². The highest BCUT2D eigenvalue weighted by Gasteiger charge is 2.47. The summed E-state index contributed by atoms with van der Waals surface area (Å²) in [5.74, 6) is -0.409. The van der Waals surface area contributed by atoms with Gasteiger partial charge in [0.2, 0.25) is 0 Å². The molecule has 1 aliphatic rings. The zero-order chi connectivity index (χ0) is 17.2. The van der Waals surface area contributed by atoms with Gasteiger partial charge in [0, 0.05) is 0 Å². The number of rotatable bonds is 4. The standard InChI is InChI=1S/C20H21FO3/c1-19(24-17-5-3-2-4-6-17)11-13-20(14-12-19,18(22)23)15-7-9-16(21)10-8-15/h2-10H,11-14H2,1H3,(H,22,23). The first kappa shape index (κ1) is 16.5. The van der Waals surface area contributed by atoms with Crippen molar-refractivity contribution < 1.29 is 19.0 Å². The third-order valence-corrected chi connectivity index (χ3v) is 5.07. The van der Waals surface area contributed by atoms with E-state index < -0.39 is 11.4 Å². The van der Waals surface area contributed by atoms with Gasteiger partial charge in [-0.1, -0.05) is 30.3 Å². The second kappa shape index (κ2) is 6.27. The minimum absolute atomic E-state index is 0.354. The molecule has 1 saturated carbocycles.